The Bertz CT molecular complexity index is 448. The maximum atomic E-state index is 11.9. The van der Waals surface area contributed by atoms with Crippen molar-refractivity contribution in [3.05, 3.63) is 29.3 Å². The van der Waals surface area contributed by atoms with E-state index >= 15 is 0 Å². The standard InChI is InChI=1S/C15H22N2OS/c1-19-9-3-6-15(18)17-14-5-2-4-11-10-12(16)7-8-13(11)14/h7-8,10,14H,2-6,9,16H2,1H3,(H,17,18). The first kappa shape index (κ1) is 14.3. The highest BCUT2D eigenvalue weighted by Gasteiger charge is 2.21. The predicted octanol–water partition coefficient (Wildman–Crippen LogP) is 2.91. The number of rotatable bonds is 5. The van der Waals surface area contributed by atoms with Crippen LogP contribution in [0.4, 0.5) is 5.69 Å². The van der Waals surface area contributed by atoms with Gasteiger partial charge in [-0.15, -0.1) is 0 Å². The number of nitrogens with two attached hydrogens (primary N) is 1. The average Bonchev–Trinajstić information content (AvgIpc) is 2.39. The molecule has 1 aromatic rings. The maximum Gasteiger partial charge on any atom is 0.220 e. The quantitative estimate of drug-likeness (QED) is 0.643. The molecule has 3 N–H and O–H groups in total. The fourth-order valence-corrected chi connectivity index (χ4v) is 3.06. The molecule has 0 heterocycles. The number of hydrogen-bond donors (Lipinski definition) is 2. The van der Waals surface area contributed by atoms with Crippen LogP contribution < -0.4 is 11.1 Å². The molecule has 1 aliphatic carbocycles. The van der Waals surface area contributed by atoms with Crippen LogP contribution in [-0.2, 0) is 11.2 Å². The van der Waals surface area contributed by atoms with Crippen molar-refractivity contribution in [2.75, 3.05) is 17.7 Å². The van der Waals surface area contributed by atoms with Crippen LogP contribution in [0.1, 0.15) is 42.9 Å². The third kappa shape index (κ3) is 3.90. The molecular formula is C15H22N2OS. The van der Waals surface area contributed by atoms with Gasteiger partial charge in [0.15, 0.2) is 0 Å². The molecule has 1 aliphatic rings. The van der Waals surface area contributed by atoms with Crippen molar-refractivity contribution in [1.82, 2.24) is 5.32 Å². The molecule has 4 heteroatoms. The first-order valence-electron chi connectivity index (χ1n) is 6.87. The molecule has 0 saturated heterocycles. The van der Waals surface area contributed by atoms with Gasteiger partial charge in [0.25, 0.3) is 0 Å². The van der Waals surface area contributed by atoms with Gasteiger partial charge < -0.3 is 11.1 Å². The Morgan fingerprint density at radius 2 is 2.37 bits per heavy atom. The van der Waals surface area contributed by atoms with E-state index in [1.54, 1.807) is 11.8 Å². The lowest BCUT2D eigenvalue weighted by Gasteiger charge is -2.26. The lowest BCUT2D eigenvalue weighted by Crippen LogP contribution is -2.30. The molecule has 3 nitrogen and oxygen atoms in total. The zero-order valence-corrected chi connectivity index (χ0v) is 12.3. The van der Waals surface area contributed by atoms with Gasteiger partial charge in [0.05, 0.1) is 6.04 Å². The molecule has 1 aromatic carbocycles. The highest BCUT2D eigenvalue weighted by Crippen LogP contribution is 2.31. The summed E-state index contributed by atoms with van der Waals surface area (Å²) >= 11 is 1.79. The number of anilines is 1. The summed E-state index contributed by atoms with van der Waals surface area (Å²) in [5.41, 5.74) is 9.17. The van der Waals surface area contributed by atoms with E-state index in [1.807, 2.05) is 12.1 Å². The Morgan fingerprint density at radius 1 is 1.53 bits per heavy atom. The summed E-state index contributed by atoms with van der Waals surface area (Å²) in [5.74, 6) is 1.22. The number of thioether (sulfide) groups is 1. The van der Waals surface area contributed by atoms with Gasteiger partial charge in [0.1, 0.15) is 0 Å². The maximum absolute atomic E-state index is 11.9. The molecular weight excluding hydrogens is 256 g/mol. The summed E-state index contributed by atoms with van der Waals surface area (Å²) in [6.45, 7) is 0. The topological polar surface area (TPSA) is 55.1 Å². The second-order valence-electron chi connectivity index (χ2n) is 5.07. The van der Waals surface area contributed by atoms with Gasteiger partial charge in [-0.1, -0.05) is 6.07 Å². The van der Waals surface area contributed by atoms with Gasteiger partial charge in [0, 0.05) is 12.1 Å². The smallest absolute Gasteiger partial charge is 0.220 e. The van der Waals surface area contributed by atoms with Crippen LogP contribution >= 0.6 is 11.8 Å². The van der Waals surface area contributed by atoms with Crippen LogP contribution in [0.3, 0.4) is 0 Å². The number of carbonyl (C=O) groups excluding carboxylic acids is 1. The number of amides is 1. The average molecular weight is 278 g/mol. The van der Waals surface area contributed by atoms with E-state index in [0.29, 0.717) is 6.42 Å². The molecule has 1 unspecified atom stereocenters. The third-order valence-electron chi connectivity index (χ3n) is 3.57. The highest BCUT2D eigenvalue weighted by atomic mass is 32.2. The van der Waals surface area contributed by atoms with Crippen LogP contribution in [0.15, 0.2) is 18.2 Å². The summed E-state index contributed by atoms with van der Waals surface area (Å²) in [6.07, 6.45) is 6.87. The second kappa shape index (κ2) is 6.85. The molecule has 0 spiro atoms. The molecule has 1 amide bonds. The van der Waals surface area contributed by atoms with Gasteiger partial charge >= 0.3 is 0 Å². The van der Waals surface area contributed by atoms with E-state index in [9.17, 15) is 4.79 Å². The minimum atomic E-state index is 0.170. The second-order valence-corrected chi connectivity index (χ2v) is 6.05. The van der Waals surface area contributed by atoms with E-state index in [2.05, 4.69) is 17.6 Å². The van der Waals surface area contributed by atoms with Crippen molar-refractivity contribution in [2.45, 2.75) is 38.1 Å². The molecule has 0 bridgehead atoms. The van der Waals surface area contributed by atoms with Gasteiger partial charge in [-0.25, -0.2) is 0 Å². The molecule has 104 valence electrons. The molecule has 19 heavy (non-hydrogen) atoms. The molecule has 0 radical (unpaired) electrons. The van der Waals surface area contributed by atoms with Gasteiger partial charge in [-0.05, 0) is 61.0 Å². The number of hydrogen-bond acceptors (Lipinski definition) is 3. The van der Waals surface area contributed by atoms with E-state index in [4.69, 9.17) is 5.73 Å². The summed E-state index contributed by atoms with van der Waals surface area (Å²) in [4.78, 5) is 11.9. The molecule has 0 saturated carbocycles. The summed E-state index contributed by atoms with van der Waals surface area (Å²) < 4.78 is 0. The highest BCUT2D eigenvalue weighted by molar-refractivity contribution is 7.98. The SMILES string of the molecule is CSCCCC(=O)NC1CCCc2cc(N)ccc21. The first-order valence-corrected chi connectivity index (χ1v) is 8.26. The Hall–Kier alpha value is -1.16. The summed E-state index contributed by atoms with van der Waals surface area (Å²) in [7, 11) is 0. The molecule has 0 aliphatic heterocycles. The van der Waals surface area contributed by atoms with E-state index < -0.39 is 0 Å². The fraction of sp³-hybridized carbons (Fsp3) is 0.533. The normalized spacial score (nSPS) is 17.8. The van der Waals surface area contributed by atoms with Crippen molar-refractivity contribution < 1.29 is 4.79 Å². The van der Waals surface area contributed by atoms with Crippen LogP contribution in [0.25, 0.3) is 0 Å². The Balaban J connectivity index is 1.97. The van der Waals surface area contributed by atoms with Gasteiger partial charge in [-0.2, -0.15) is 11.8 Å². The minimum absolute atomic E-state index is 0.170. The number of nitrogens with one attached hydrogen (secondary N) is 1. The molecule has 2 rings (SSSR count). The first-order chi connectivity index (χ1) is 9.20. The predicted molar refractivity (Wildman–Crippen MR) is 82.3 cm³/mol. The largest absolute Gasteiger partial charge is 0.399 e. The van der Waals surface area contributed by atoms with Crippen molar-refractivity contribution in [3.8, 4) is 0 Å². The van der Waals surface area contributed by atoms with Gasteiger partial charge in [-0.3, -0.25) is 4.79 Å². The Labute approximate surface area is 119 Å². The van der Waals surface area contributed by atoms with Crippen molar-refractivity contribution in [3.63, 3.8) is 0 Å². The Morgan fingerprint density at radius 3 is 3.16 bits per heavy atom. The van der Waals surface area contributed by atoms with Gasteiger partial charge in [0.2, 0.25) is 5.91 Å². The van der Waals surface area contributed by atoms with Crippen molar-refractivity contribution in [2.24, 2.45) is 0 Å². The number of benzene rings is 1. The lowest BCUT2D eigenvalue weighted by atomic mass is 9.87. The molecule has 1 atom stereocenters. The molecule has 0 aromatic heterocycles. The van der Waals surface area contributed by atoms with E-state index in [-0.39, 0.29) is 11.9 Å². The number of fused-ring (bicyclic) bond motifs is 1. The summed E-state index contributed by atoms with van der Waals surface area (Å²) in [6, 6.07) is 6.21. The van der Waals surface area contributed by atoms with Crippen molar-refractivity contribution >= 4 is 23.4 Å². The Kier molecular flexibility index (Phi) is 5.14. The van der Waals surface area contributed by atoms with Crippen molar-refractivity contribution in [1.29, 1.82) is 0 Å². The van der Waals surface area contributed by atoms with E-state index in [1.165, 1.54) is 11.1 Å². The zero-order valence-electron chi connectivity index (χ0n) is 11.4. The zero-order chi connectivity index (χ0) is 13.7. The number of aryl methyl sites for hydroxylation is 1. The lowest BCUT2D eigenvalue weighted by molar-refractivity contribution is -0.121. The number of carbonyl (C=O) groups is 1. The molecule has 0 fully saturated rings. The van der Waals surface area contributed by atoms with Crippen LogP contribution in [0.5, 0.6) is 0 Å². The monoisotopic (exact) mass is 278 g/mol. The van der Waals surface area contributed by atoms with Crippen LogP contribution in [0.2, 0.25) is 0 Å². The minimum Gasteiger partial charge on any atom is -0.399 e. The summed E-state index contributed by atoms with van der Waals surface area (Å²) in [5, 5.41) is 3.16. The third-order valence-corrected chi connectivity index (χ3v) is 4.27. The van der Waals surface area contributed by atoms with E-state index in [0.717, 1.165) is 37.1 Å². The van der Waals surface area contributed by atoms with Crippen LogP contribution in [0, 0.1) is 0 Å². The number of nitrogen functional groups attached to an aromatic ring is 1. The van der Waals surface area contributed by atoms with Crippen LogP contribution in [-0.4, -0.2) is 17.9 Å². The fourth-order valence-electron chi connectivity index (χ4n) is 2.63.